The normalized spacial score (nSPS) is 20.4. The SMILES string of the molecule is FC(F)(F)C1(C(F)(F)F)N=C(c2ccc(Cl)cc2Cl)OC(N2CCOCC2)=N1. The highest BCUT2D eigenvalue weighted by atomic mass is 35.5. The van der Waals surface area contributed by atoms with E-state index in [-0.39, 0.29) is 41.9 Å². The fourth-order valence-electron chi connectivity index (χ4n) is 2.52. The van der Waals surface area contributed by atoms with Crippen molar-refractivity contribution < 1.29 is 35.8 Å². The van der Waals surface area contributed by atoms with Crippen molar-refractivity contribution in [2.45, 2.75) is 18.0 Å². The molecule has 0 unspecified atom stereocenters. The highest BCUT2D eigenvalue weighted by Gasteiger charge is 2.74. The largest absolute Gasteiger partial charge is 0.443 e. The van der Waals surface area contributed by atoms with E-state index in [0.717, 1.165) is 17.0 Å². The molecule has 0 amide bonds. The summed E-state index contributed by atoms with van der Waals surface area (Å²) in [6.45, 7) is 0.154. The van der Waals surface area contributed by atoms with Gasteiger partial charge in [0, 0.05) is 18.1 Å². The number of amidine groups is 1. The van der Waals surface area contributed by atoms with Crippen molar-refractivity contribution in [3.05, 3.63) is 33.8 Å². The molecule has 3 rings (SSSR count). The van der Waals surface area contributed by atoms with E-state index in [1.54, 1.807) is 0 Å². The zero-order valence-electron chi connectivity index (χ0n) is 13.7. The summed E-state index contributed by atoms with van der Waals surface area (Å²) in [6.07, 6.45) is -11.8. The van der Waals surface area contributed by atoms with Crippen LogP contribution in [0.3, 0.4) is 0 Å². The smallest absolute Gasteiger partial charge is 0.406 e. The van der Waals surface area contributed by atoms with Crippen molar-refractivity contribution in [2.75, 3.05) is 26.3 Å². The predicted octanol–water partition coefficient (Wildman–Crippen LogP) is 4.28. The molecule has 1 aromatic carbocycles. The second kappa shape index (κ2) is 7.27. The summed E-state index contributed by atoms with van der Waals surface area (Å²) in [7, 11) is 0. The summed E-state index contributed by atoms with van der Waals surface area (Å²) >= 11 is 11.7. The number of benzene rings is 1. The summed E-state index contributed by atoms with van der Waals surface area (Å²) in [5.41, 5.74) is -5.02. The van der Waals surface area contributed by atoms with Gasteiger partial charge in [0.05, 0.1) is 23.8 Å². The molecule has 0 radical (unpaired) electrons. The van der Waals surface area contributed by atoms with Crippen molar-refractivity contribution in [3.8, 4) is 0 Å². The zero-order chi connectivity index (χ0) is 20.7. The molecular weight excluding hydrogens is 439 g/mol. The third-order valence-electron chi connectivity index (χ3n) is 3.94. The molecule has 2 heterocycles. The van der Waals surface area contributed by atoms with E-state index in [1.807, 2.05) is 0 Å². The second-order valence-corrected chi connectivity index (χ2v) is 6.65. The maximum Gasteiger partial charge on any atom is 0.443 e. The molecule has 0 N–H and O–H groups in total. The number of ether oxygens (including phenoxy) is 2. The van der Waals surface area contributed by atoms with E-state index in [9.17, 15) is 26.3 Å². The molecule has 2 aliphatic rings. The van der Waals surface area contributed by atoms with Gasteiger partial charge in [-0.25, -0.2) is 4.99 Å². The van der Waals surface area contributed by atoms with Crippen LogP contribution in [0.4, 0.5) is 26.3 Å². The van der Waals surface area contributed by atoms with Gasteiger partial charge >= 0.3 is 18.0 Å². The Hall–Kier alpha value is -1.72. The van der Waals surface area contributed by atoms with Crippen LogP contribution in [0, 0.1) is 0 Å². The van der Waals surface area contributed by atoms with Gasteiger partial charge in [-0.15, -0.1) is 0 Å². The van der Waals surface area contributed by atoms with Crippen molar-refractivity contribution >= 4 is 35.1 Å². The van der Waals surface area contributed by atoms with Gasteiger partial charge in [0.1, 0.15) is 0 Å². The molecule has 0 atom stereocenters. The number of alkyl halides is 6. The Morgan fingerprint density at radius 1 is 0.964 bits per heavy atom. The van der Waals surface area contributed by atoms with Crippen LogP contribution in [0.15, 0.2) is 28.2 Å². The Morgan fingerprint density at radius 2 is 1.57 bits per heavy atom. The van der Waals surface area contributed by atoms with Crippen LogP contribution >= 0.6 is 23.2 Å². The summed E-state index contributed by atoms with van der Waals surface area (Å²) in [5, 5.41) is -0.0992. The van der Waals surface area contributed by atoms with Crippen LogP contribution in [-0.4, -0.2) is 61.1 Å². The lowest BCUT2D eigenvalue weighted by Gasteiger charge is -2.37. The van der Waals surface area contributed by atoms with Crippen LogP contribution in [0.1, 0.15) is 5.56 Å². The Labute approximate surface area is 164 Å². The third kappa shape index (κ3) is 3.74. The van der Waals surface area contributed by atoms with E-state index < -0.39 is 29.9 Å². The topological polar surface area (TPSA) is 46.4 Å². The van der Waals surface area contributed by atoms with Crippen LogP contribution in [0.25, 0.3) is 0 Å². The minimum Gasteiger partial charge on any atom is -0.406 e. The molecule has 5 nitrogen and oxygen atoms in total. The van der Waals surface area contributed by atoms with Crippen molar-refractivity contribution in [2.24, 2.45) is 9.98 Å². The maximum atomic E-state index is 13.6. The highest BCUT2D eigenvalue weighted by Crippen LogP contribution is 2.49. The molecule has 0 saturated carbocycles. The molecule has 1 aromatic rings. The van der Waals surface area contributed by atoms with Gasteiger partial charge in [0.2, 0.25) is 5.90 Å². The fraction of sp³-hybridized carbons (Fsp3) is 0.467. The van der Waals surface area contributed by atoms with Crippen LogP contribution in [-0.2, 0) is 9.47 Å². The number of hydrogen-bond acceptors (Lipinski definition) is 5. The quantitative estimate of drug-likeness (QED) is 0.601. The van der Waals surface area contributed by atoms with Gasteiger partial charge in [0.15, 0.2) is 0 Å². The standard InChI is InChI=1S/C15H11Cl2F6N3O2/c16-8-1-2-9(10(17)7-8)11-24-13(14(18,19)20,15(21,22)23)25-12(28-11)26-3-5-27-6-4-26/h1-2,7H,3-6H2. The Bertz CT molecular complexity index is 805. The Balaban J connectivity index is 2.18. The lowest BCUT2D eigenvalue weighted by atomic mass is 10.1. The monoisotopic (exact) mass is 449 g/mol. The molecule has 0 aromatic heterocycles. The fourth-order valence-corrected chi connectivity index (χ4v) is 3.01. The van der Waals surface area contributed by atoms with E-state index in [2.05, 4.69) is 9.98 Å². The van der Waals surface area contributed by atoms with Gasteiger partial charge < -0.3 is 14.4 Å². The first-order chi connectivity index (χ1) is 12.9. The van der Waals surface area contributed by atoms with Gasteiger partial charge in [-0.3, -0.25) is 0 Å². The number of rotatable bonds is 1. The van der Waals surface area contributed by atoms with E-state index >= 15 is 0 Å². The molecule has 0 spiro atoms. The molecule has 13 heteroatoms. The van der Waals surface area contributed by atoms with Crippen LogP contribution in [0.2, 0.25) is 10.0 Å². The van der Waals surface area contributed by atoms with Crippen LogP contribution in [0.5, 0.6) is 0 Å². The lowest BCUT2D eigenvalue weighted by molar-refractivity contribution is -0.293. The van der Waals surface area contributed by atoms with Crippen LogP contribution < -0.4 is 0 Å². The minimum atomic E-state index is -5.88. The average Bonchev–Trinajstić information content (AvgIpc) is 2.60. The predicted molar refractivity (Wildman–Crippen MR) is 88.8 cm³/mol. The number of morpholine rings is 1. The second-order valence-electron chi connectivity index (χ2n) is 5.80. The van der Waals surface area contributed by atoms with E-state index in [0.29, 0.717) is 0 Å². The summed E-state index contributed by atoms with van der Waals surface area (Å²) in [4.78, 5) is 6.81. The Morgan fingerprint density at radius 3 is 2.11 bits per heavy atom. The van der Waals surface area contributed by atoms with Crippen molar-refractivity contribution in [1.29, 1.82) is 0 Å². The molecule has 1 saturated heterocycles. The van der Waals surface area contributed by atoms with Gasteiger partial charge in [0.25, 0.3) is 6.02 Å². The number of hydrogen-bond donors (Lipinski definition) is 0. The van der Waals surface area contributed by atoms with Gasteiger partial charge in [-0.05, 0) is 18.2 Å². The summed E-state index contributed by atoms with van der Waals surface area (Å²) in [6, 6.07) is 2.63. The summed E-state index contributed by atoms with van der Waals surface area (Å²) in [5.74, 6) is -0.965. The first-order valence-electron chi connectivity index (χ1n) is 7.74. The first kappa shape index (κ1) is 21.0. The van der Waals surface area contributed by atoms with E-state index in [4.69, 9.17) is 32.7 Å². The summed E-state index contributed by atoms with van der Waals surface area (Å²) < 4.78 is 91.9. The van der Waals surface area contributed by atoms with E-state index in [1.165, 1.54) is 6.07 Å². The number of halogens is 8. The maximum absolute atomic E-state index is 13.6. The number of aliphatic imine (C=N–C) groups is 2. The molecule has 0 aliphatic carbocycles. The Kier molecular flexibility index (Phi) is 5.45. The lowest BCUT2D eigenvalue weighted by Crippen LogP contribution is -2.58. The van der Waals surface area contributed by atoms with Gasteiger partial charge in [-0.1, -0.05) is 23.2 Å². The molecule has 1 fully saturated rings. The molecular formula is C15H11Cl2F6N3O2. The third-order valence-corrected chi connectivity index (χ3v) is 4.49. The average molecular weight is 450 g/mol. The molecule has 28 heavy (non-hydrogen) atoms. The number of nitrogens with zero attached hydrogens (tertiary/aromatic N) is 3. The van der Waals surface area contributed by atoms with Gasteiger partial charge in [-0.2, -0.15) is 31.3 Å². The van der Waals surface area contributed by atoms with Crippen molar-refractivity contribution in [1.82, 2.24) is 4.90 Å². The molecule has 0 bridgehead atoms. The first-order valence-corrected chi connectivity index (χ1v) is 8.49. The highest BCUT2D eigenvalue weighted by molar-refractivity contribution is 6.37. The molecule has 154 valence electrons. The van der Waals surface area contributed by atoms with Crippen molar-refractivity contribution in [3.63, 3.8) is 0 Å². The minimum absolute atomic E-state index is 0.00768. The zero-order valence-corrected chi connectivity index (χ0v) is 15.3. The molecule has 2 aliphatic heterocycles.